The molecule has 0 saturated heterocycles. The van der Waals surface area contributed by atoms with Gasteiger partial charge in [0.15, 0.2) is 0 Å². The maximum Gasteiger partial charge on any atom is 0.305 e. The summed E-state index contributed by atoms with van der Waals surface area (Å²) in [7, 11) is 2.82. The van der Waals surface area contributed by atoms with E-state index in [1.165, 1.54) is 78.4 Å². The van der Waals surface area contributed by atoms with Crippen LogP contribution in [-0.4, -0.2) is 76.5 Å². The van der Waals surface area contributed by atoms with Crippen LogP contribution in [0, 0.1) is 0 Å². The lowest BCUT2D eigenvalue weighted by Gasteiger charge is -2.06. The van der Waals surface area contributed by atoms with Crippen LogP contribution in [0.2, 0.25) is 0 Å². The second-order valence-electron chi connectivity index (χ2n) is 17.4. The summed E-state index contributed by atoms with van der Waals surface area (Å²) in [6.45, 7) is 10.8. The number of methoxy groups -OCH3 is 2. The third kappa shape index (κ3) is 60.8. The van der Waals surface area contributed by atoms with Crippen molar-refractivity contribution in [3.63, 3.8) is 0 Å². The standard InChI is InChI=1S/C26H50O4.C16H30O4.C12H22O4/c1-3-5-7-9-15-19-23-29-25(27)21-17-13-11-12-14-18-22-26(28)30-24-20-16-10-8-6-4-2;1-3-5-13-19-15(17)11-9-7-8-10-12-16(18)20-14-6-4-2;1-15-11(13)9-7-5-3-4-6-8-10-12(14)16-2/h3-24H2,1-2H3;3-14H2,1-2H3;3-10H2,1-2H3. The van der Waals surface area contributed by atoms with Crippen molar-refractivity contribution in [1.29, 1.82) is 0 Å². The van der Waals surface area contributed by atoms with Gasteiger partial charge in [-0.05, 0) is 64.2 Å². The lowest BCUT2D eigenvalue weighted by molar-refractivity contribution is -0.145. The number of ether oxygens (including phenoxy) is 6. The van der Waals surface area contributed by atoms with E-state index in [1.54, 1.807) is 0 Å². The van der Waals surface area contributed by atoms with Gasteiger partial charge in [-0.2, -0.15) is 0 Å². The smallest absolute Gasteiger partial charge is 0.305 e. The summed E-state index contributed by atoms with van der Waals surface area (Å²) in [6.07, 6.45) is 37.5. The summed E-state index contributed by atoms with van der Waals surface area (Å²) in [5, 5.41) is 0. The third-order valence-corrected chi connectivity index (χ3v) is 11.0. The molecule has 66 heavy (non-hydrogen) atoms. The molecule has 0 heterocycles. The zero-order valence-corrected chi connectivity index (χ0v) is 43.6. The summed E-state index contributed by atoms with van der Waals surface area (Å²) in [5.74, 6) is -0.556. The molecule has 0 fully saturated rings. The average Bonchev–Trinajstić information content (AvgIpc) is 3.31. The van der Waals surface area contributed by atoms with E-state index in [-0.39, 0.29) is 35.8 Å². The van der Waals surface area contributed by atoms with Crippen molar-refractivity contribution in [2.75, 3.05) is 40.6 Å². The number of unbranched alkanes of at least 4 members (excludes halogenated alkanes) is 25. The van der Waals surface area contributed by atoms with Crippen molar-refractivity contribution in [3.05, 3.63) is 0 Å². The first-order valence-electron chi connectivity index (χ1n) is 26.9. The normalized spacial score (nSPS) is 10.5. The van der Waals surface area contributed by atoms with Crippen molar-refractivity contribution in [2.24, 2.45) is 0 Å². The summed E-state index contributed by atoms with van der Waals surface area (Å²) < 4.78 is 29.8. The molecule has 12 nitrogen and oxygen atoms in total. The second-order valence-corrected chi connectivity index (χ2v) is 17.4. The Balaban J connectivity index is -0.000000957. The van der Waals surface area contributed by atoms with Gasteiger partial charge in [0.05, 0.1) is 40.6 Å². The largest absolute Gasteiger partial charge is 0.469 e. The minimum atomic E-state index is -0.134. The highest BCUT2D eigenvalue weighted by atomic mass is 16.5. The predicted octanol–water partition coefficient (Wildman–Crippen LogP) is 14.4. The first kappa shape index (κ1) is 67.1. The molecule has 0 aromatic rings. The number of rotatable bonds is 45. The second kappa shape index (κ2) is 57.9. The Morgan fingerprint density at radius 3 is 0.636 bits per heavy atom. The van der Waals surface area contributed by atoms with Crippen molar-refractivity contribution in [1.82, 2.24) is 0 Å². The maximum absolute atomic E-state index is 11.7. The predicted molar refractivity (Wildman–Crippen MR) is 266 cm³/mol. The number of hydrogen-bond donors (Lipinski definition) is 0. The lowest BCUT2D eigenvalue weighted by atomic mass is 10.1. The van der Waals surface area contributed by atoms with E-state index in [1.807, 2.05) is 0 Å². The van der Waals surface area contributed by atoms with E-state index in [0.29, 0.717) is 65.0 Å². The van der Waals surface area contributed by atoms with E-state index >= 15 is 0 Å². The summed E-state index contributed by atoms with van der Waals surface area (Å²) in [4.78, 5) is 67.6. The van der Waals surface area contributed by atoms with Gasteiger partial charge in [-0.25, -0.2) is 0 Å². The van der Waals surface area contributed by atoms with Gasteiger partial charge in [-0.15, -0.1) is 0 Å². The average molecular weight is 943 g/mol. The SMILES string of the molecule is CCCCCCCCOC(=O)CCCCCCCCC(=O)OCCCCCCCC.CCCCOC(=O)CCCCCCC(=O)OCCCC.COC(=O)CCCCCCCCC(=O)OC. The van der Waals surface area contributed by atoms with E-state index in [2.05, 4.69) is 37.2 Å². The fourth-order valence-corrected chi connectivity index (χ4v) is 6.67. The molecule has 0 radical (unpaired) electrons. The van der Waals surface area contributed by atoms with Gasteiger partial charge in [0.1, 0.15) is 0 Å². The minimum Gasteiger partial charge on any atom is -0.469 e. The van der Waals surface area contributed by atoms with Gasteiger partial charge < -0.3 is 28.4 Å². The van der Waals surface area contributed by atoms with Crippen LogP contribution >= 0.6 is 0 Å². The molecule has 0 spiro atoms. The Labute approximate surface area is 404 Å². The maximum atomic E-state index is 11.7. The molecular weight excluding hydrogens is 841 g/mol. The molecule has 0 aliphatic rings. The van der Waals surface area contributed by atoms with Crippen LogP contribution in [0.25, 0.3) is 0 Å². The summed E-state index contributed by atoms with van der Waals surface area (Å²) in [6, 6.07) is 0. The van der Waals surface area contributed by atoms with E-state index in [4.69, 9.17) is 18.9 Å². The van der Waals surface area contributed by atoms with E-state index < -0.39 is 0 Å². The highest BCUT2D eigenvalue weighted by Gasteiger charge is 2.07. The molecule has 0 rings (SSSR count). The number of esters is 6. The van der Waals surface area contributed by atoms with Gasteiger partial charge in [0, 0.05) is 38.5 Å². The van der Waals surface area contributed by atoms with Crippen molar-refractivity contribution >= 4 is 35.8 Å². The van der Waals surface area contributed by atoms with Crippen LogP contribution in [-0.2, 0) is 57.2 Å². The highest BCUT2D eigenvalue weighted by molar-refractivity contribution is 5.70. The Bertz CT molecular complexity index is 1010. The number of carbonyl (C=O) groups is 6. The van der Waals surface area contributed by atoms with Crippen LogP contribution in [0.3, 0.4) is 0 Å². The Morgan fingerprint density at radius 2 is 0.409 bits per heavy atom. The molecule has 0 unspecified atom stereocenters. The van der Waals surface area contributed by atoms with Crippen molar-refractivity contribution in [3.8, 4) is 0 Å². The van der Waals surface area contributed by atoms with Gasteiger partial charge in [-0.1, -0.05) is 169 Å². The van der Waals surface area contributed by atoms with Crippen LogP contribution in [0.1, 0.15) is 272 Å². The van der Waals surface area contributed by atoms with Crippen LogP contribution in [0.4, 0.5) is 0 Å². The molecule has 12 heteroatoms. The molecule has 0 aliphatic carbocycles. The van der Waals surface area contributed by atoms with Gasteiger partial charge >= 0.3 is 35.8 Å². The topological polar surface area (TPSA) is 158 Å². The van der Waals surface area contributed by atoms with E-state index in [9.17, 15) is 28.8 Å². The molecule has 0 atom stereocenters. The minimum absolute atomic E-state index is 0.0448. The van der Waals surface area contributed by atoms with Crippen LogP contribution in [0.15, 0.2) is 0 Å². The Morgan fingerprint density at radius 1 is 0.227 bits per heavy atom. The fraction of sp³-hybridized carbons (Fsp3) is 0.889. The first-order chi connectivity index (χ1) is 32.1. The van der Waals surface area contributed by atoms with Gasteiger partial charge in [0.2, 0.25) is 0 Å². The highest BCUT2D eigenvalue weighted by Crippen LogP contribution is 2.13. The third-order valence-electron chi connectivity index (χ3n) is 11.0. The number of hydrogen-bond acceptors (Lipinski definition) is 12. The fourth-order valence-electron chi connectivity index (χ4n) is 6.67. The van der Waals surface area contributed by atoms with Crippen molar-refractivity contribution < 1.29 is 57.2 Å². The Hall–Kier alpha value is -3.18. The van der Waals surface area contributed by atoms with Gasteiger partial charge in [-0.3, -0.25) is 28.8 Å². The molecule has 0 aliphatic heterocycles. The molecule has 0 bridgehead atoms. The molecule has 390 valence electrons. The molecule has 0 aromatic carbocycles. The quantitative estimate of drug-likeness (QED) is 0.0324. The van der Waals surface area contributed by atoms with Crippen LogP contribution < -0.4 is 0 Å². The van der Waals surface area contributed by atoms with Crippen LogP contribution in [0.5, 0.6) is 0 Å². The monoisotopic (exact) mass is 943 g/mol. The van der Waals surface area contributed by atoms with Crippen molar-refractivity contribution in [2.45, 2.75) is 272 Å². The summed E-state index contributed by atoms with van der Waals surface area (Å²) >= 11 is 0. The zero-order valence-electron chi connectivity index (χ0n) is 43.6. The number of carbonyl (C=O) groups excluding carboxylic acids is 6. The first-order valence-corrected chi connectivity index (χ1v) is 26.9. The zero-order chi connectivity index (χ0) is 49.4. The molecule has 0 amide bonds. The summed E-state index contributed by atoms with van der Waals surface area (Å²) in [5.41, 5.74) is 0. The molecule has 0 N–H and O–H groups in total. The molecule has 0 aromatic heterocycles. The molecular formula is C54H102O12. The molecule has 0 saturated carbocycles. The van der Waals surface area contributed by atoms with E-state index in [0.717, 1.165) is 141 Å². The Kier molecular flexibility index (Phi) is 58.9. The van der Waals surface area contributed by atoms with Gasteiger partial charge in [0.25, 0.3) is 0 Å². The lowest BCUT2D eigenvalue weighted by Crippen LogP contribution is -2.06.